The van der Waals surface area contributed by atoms with Gasteiger partial charge in [0, 0.05) is 4.90 Å². The van der Waals surface area contributed by atoms with E-state index in [0.29, 0.717) is 5.75 Å². The van der Waals surface area contributed by atoms with Crippen molar-refractivity contribution in [3.8, 4) is 0 Å². The molecule has 2 aromatic carbocycles. The molecule has 1 unspecified atom stereocenters. The molecule has 19 heavy (non-hydrogen) atoms. The molecule has 2 heteroatoms. The average Bonchev–Trinajstić information content (AvgIpc) is 2.39. The molecule has 0 bridgehead atoms. The van der Waals surface area contributed by atoms with E-state index in [0.717, 1.165) is 10.5 Å². The van der Waals surface area contributed by atoms with Crippen molar-refractivity contribution in [3.63, 3.8) is 0 Å². The summed E-state index contributed by atoms with van der Waals surface area (Å²) in [5, 5.41) is 0. The van der Waals surface area contributed by atoms with E-state index < -0.39 is 10.8 Å². The molecule has 2 aromatic rings. The Morgan fingerprint density at radius 2 is 1.47 bits per heavy atom. The third-order valence-corrected chi connectivity index (χ3v) is 4.52. The summed E-state index contributed by atoms with van der Waals surface area (Å²) in [5.74, 6) is 0.579. The summed E-state index contributed by atoms with van der Waals surface area (Å²) in [6.45, 7) is 6.55. The standard InChI is InChI=1S/C17H20OS/c1-17(2,3)15-9-11-16(12-10-15)19(18)13-14-7-5-4-6-8-14/h4-12H,13H2,1-3H3. The van der Waals surface area contributed by atoms with E-state index in [1.807, 2.05) is 42.5 Å². The zero-order chi connectivity index (χ0) is 13.9. The van der Waals surface area contributed by atoms with Crippen LogP contribution in [-0.4, -0.2) is 4.21 Å². The Hall–Kier alpha value is -1.41. The molecule has 0 aliphatic rings. The molecule has 0 saturated carbocycles. The quantitative estimate of drug-likeness (QED) is 0.814. The van der Waals surface area contributed by atoms with Crippen molar-refractivity contribution < 1.29 is 4.21 Å². The fourth-order valence-corrected chi connectivity index (χ4v) is 3.02. The third kappa shape index (κ3) is 3.77. The number of hydrogen-bond acceptors (Lipinski definition) is 1. The van der Waals surface area contributed by atoms with Crippen molar-refractivity contribution in [1.82, 2.24) is 0 Å². The number of benzene rings is 2. The van der Waals surface area contributed by atoms with Gasteiger partial charge in [-0.3, -0.25) is 4.21 Å². The normalized spacial score (nSPS) is 13.2. The lowest BCUT2D eigenvalue weighted by Gasteiger charge is -2.19. The van der Waals surface area contributed by atoms with Crippen LogP contribution in [0.2, 0.25) is 0 Å². The van der Waals surface area contributed by atoms with Gasteiger partial charge in [-0.2, -0.15) is 0 Å². The fourth-order valence-electron chi connectivity index (χ4n) is 1.92. The molecule has 0 aliphatic carbocycles. The topological polar surface area (TPSA) is 17.1 Å². The Bertz CT molecular complexity index is 550. The van der Waals surface area contributed by atoms with Gasteiger partial charge in [0.25, 0.3) is 0 Å². The maximum absolute atomic E-state index is 12.3. The highest BCUT2D eigenvalue weighted by atomic mass is 32.2. The first-order chi connectivity index (χ1) is 8.97. The predicted octanol–water partition coefficient (Wildman–Crippen LogP) is 4.29. The van der Waals surface area contributed by atoms with Crippen molar-refractivity contribution in [3.05, 3.63) is 65.7 Å². The molecule has 0 aliphatic heterocycles. The van der Waals surface area contributed by atoms with E-state index >= 15 is 0 Å². The second-order valence-electron chi connectivity index (χ2n) is 5.75. The van der Waals surface area contributed by atoms with Gasteiger partial charge in [0.05, 0.1) is 16.6 Å². The van der Waals surface area contributed by atoms with E-state index in [9.17, 15) is 4.21 Å². The van der Waals surface area contributed by atoms with Crippen LogP contribution in [0.25, 0.3) is 0 Å². The smallest absolute Gasteiger partial charge is 0.0574 e. The molecule has 0 aromatic heterocycles. The molecule has 100 valence electrons. The Kier molecular flexibility index (Phi) is 4.20. The van der Waals surface area contributed by atoms with Gasteiger partial charge in [-0.15, -0.1) is 0 Å². The van der Waals surface area contributed by atoms with Crippen LogP contribution in [0, 0.1) is 0 Å². The van der Waals surface area contributed by atoms with Gasteiger partial charge >= 0.3 is 0 Å². The zero-order valence-corrected chi connectivity index (χ0v) is 12.5. The molecule has 1 atom stereocenters. The molecule has 0 radical (unpaired) electrons. The monoisotopic (exact) mass is 272 g/mol. The maximum Gasteiger partial charge on any atom is 0.0574 e. The van der Waals surface area contributed by atoms with Gasteiger partial charge in [0.1, 0.15) is 0 Å². The molecular formula is C17H20OS. The van der Waals surface area contributed by atoms with Crippen LogP contribution in [0.5, 0.6) is 0 Å². The van der Waals surface area contributed by atoms with Gasteiger partial charge in [0.15, 0.2) is 0 Å². The maximum atomic E-state index is 12.3. The Morgan fingerprint density at radius 1 is 0.895 bits per heavy atom. The second kappa shape index (κ2) is 5.70. The molecule has 0 saturated heterocycles. The van der Waals surface area contributed by atoms with E-state index in [1.165, 1.54) is 5.56 Å². The molecule has 0 N–H and O–H groups in total. The van der Waals surface area contributed by atoms with Crippen molar-refractivity contribution in [1.29, 1.82) is 0 Å². The molecule has 0 amide bonds. The van der Waals surface area contributed by atoms with Crippen LogP contribution in [0.1, 0.15) is 31.9 Å². The van der Waals surface area contributed by atoms with Crippen LogP contribution in [0.15, 0.2) is 59.5 Å². The fraction of sp³-hybridized carbons (Fsp3) is 0.294. The Labute approximate surface area is 118 Å². The van der Waals surface area contributed by atoms with Gasteiger partial charge in [-0.25, -0.2) is 0 Å². The average molecular weight is 272 g/mol. The first kappa shape index (κ1) is 14.0. The minimum absolute atomic E-state index is 0.138. The van der Waals surface area contributed by atoms with Gasteiger partial charge in [0.2, 0.25) is 0 Å². The first-order valence-electron chi connectivity index (χ1n) is 6.50. The molecular weight excluding hydrogens is 252 g/mol. The van der Waals surface area contributed by atoms with Gasteiger partial charge in [-0.1, -0.05) is 63.2 Å². The zero-order valence-electron chi connectivity index (χ0n) is 11.7. The van der Waals surface area contributed by atoms with Crippen LogP contribution in [0.4, 0.5) is 0 Å². The molecule has 1 nitrogen and oxygen atoms in total. The van der Waals surface area contributed by atoms with Gasteiger partial charge in [-0.05, 0) is 28.7 Å². The summed E-state index contributed by atoms with van der Waals surface area (Å²) in [4.78, 5) is 0.900. The summed E-state index contributed by atoms with van der Waals surface area (Å²) in [7, 11) is -0.969. The van der Waals surface area contributed by atoms with Crippen molar-refractivity contribution in [2.75, 3.05) is 0 Å². The lowest BCUT2D eigenvalue weighted by Crippen LogP contribution is -2.10. The minimum Gasteiger partial charge on any atom is -0.254 e. The second-order valence-corrected chi connectivity index (χ2v) is 7.20. The van der Waals surface area contributed by atoms with Crippen molar-refractivity contribution in [2.45, 2.75) is 36.8 Å². The molecule has 0 heterocycles. The Balaban J connectivity index is 2.12. The van der Waals surface area contributed by atoms with Crippen molar-refractivity contribution in [2.24, 2.45) is 0 Å². The highest BCUT2D eigenvalue weighted by Crippen LogP contribution is 2.23. The third-order valence-electron chi connectivity index (χ3n) is 3.12. The first-order valence-corrected chi connectivity index (χ1v) is 7.81. The summed E-state index contributed by atoms with van der Waals surface area (Å²) in [5.41, 5.74) is 2.52. The number of rotatable bonds is 3. The lowest BCUT2D eigenvalue weighted by atomic mass is 9.87. The molecule has 0 spiro atoms. The Morgan fingerprint density at radius 3 is 2.00 bits per heavy atom. The van der Waals surface area contributed by atoms with Crippen LogP contribution >= 0.6 is 0 Å². The largest absolute Gasteiger partial charge is 0.254 e. The van der Waals surface area contributed by atoms with E-state index in [2.05, 4.69) is 32.9 Å². The highest BCUT2D eigenvalue weighted by Gasteiger charge is 2.13. The SMILES string of the molecule is CC(C)(C)c1ccc(S(=O)Cc2ccccc2)cc1. The van der Waals surface area contributed by atoms with E-state index in [4.69, 9.17) is 0 Å². The highest BCUT2D eigenvalue weighted by molar-refractivity contribution is 7.84. The minimum atomic E-state index is -0.969. The van der Waals surface area contributed by atoms with Gasteiger partial charge < -0.3 is 0 Å². The summed E-state index contributed by atoms with van der Waals surface area (Å²) >= 11 is 0. The summed E-state index contributed by atoms with van der Waals surface area (Å²) < 4.78 is 12.3. The molecule has 0 fully saturated rings. The van der Waals surface area contributed by atoms with Crippen LogP contribution in [0.3, 0.4) is 0 Å². The predicted molar refractivity (Wildman–Crippen MR) is 81.7 cm³/mol. The van der Waals surface area contributed by atoms with Crippen LogP contribution < -0.4 is 0 Å². The van der Waals surface area contributed by atoms with E-state index in [1.54, 1.807) is 0 Å². The van der Waals surface area contributed by atoms with E-state index in [-0.39, 0.29) is 5.41 Å². The van der Waals surface area contributed by atoms with Crippen LogP contribution in [-0.2, 0) is 22.0 Å². The lowest BCUT2D eigenvalue weighted by molar-refractivity contribution is 0.589. The summed E-state index contributed by atoms with van der Waals surface area (Å²) in [6.07, 6.45) is 0. The number of hydrogen-bond donors (Lipinski definition) is 0. The van der Waals surface area contributed by atoms with Crippen molar-refractivity contribution >= 4 is 10.8 Å². The molecule has 2 rings (SSSR count). The summed E-state index contributed by atoms with van der Waals surface area (Å²) in [6, 6.07) is 18.1.